The number of urea groups is 1. The Morgan fingerprint density at radius 1 is 1.15 bits per heavy atom. The lowest BCUT2D eigenvalue weighted by Crippen LogP contribution is -2.38. The van der Waals surface area contributed by atoms with Crippen molar-refractivity contribution >= 4 is 51.5 Å². The summed E-state index contributed by atoms with van der Waals surface area (Å²) in [5.41, 5.74) is 0.804. The van der Waals surface area contributed by atoms with Gasteiger partial charge in [0.2, 0.25) is 5.91 Å². The Hall–Kier alpha value is -4.06. The Labute approximate surface area is 202 Å². The number of carbonyl (C=O) groups is 4. The number of halogens is 1. The highest BCUT2D eigenvalue weighted by Crippen LogP contribution is 2.37. The molecule has 3 rings (SSSR count). The van der Waals surface area contributed by atoms with Crippen LogP contribution in [-0.4, -0.2) is 61.2 Å². The molecule has 0 saturated carbocycles. The summed E-state index contributed by atoms with van der Waals surface area (Å²) in [6, 6.07) is 9.05. The molecule has 1 heterocycles. The molecule has 0 bridgehead atoms. The van der Waals surface area contributed by atoms with Crippen LogP contribution in [0.1, 0.15) is 5.56 Å². The van der Waals surface area contributed by atoms with E-state index in [4.69, 9.17) is 19.3 Å². The molecule has 1 fully saturated rings. The Bertz CT molecular complexity index is 1180. The van der Waals surface area contributed by atoms with E-state index >= 15 is 0 Å². The quantitative estimate of drug-likeness (QED) is 0.329. The summed E-state index contributed by atoms with van der Waals surface area (Å²) in [5, 5.41) is 13.9. The van der Waals surface area contributed by atoms with Crippen LogP contribution in [0.5, 0.6) is 17.2 Å². The summed E-state index contributed by atoms with van der Waals surface area (Å²) in [7, 11) is 2.83. The Morgan fingerprint density at radius 2 is 1.85 bits per heavy atom. The molecule has 0 unspecified atom stereocenters. The van der Waals surface area contributed by atoms with Crippen LogP contribution < -0.4 is 24.8 Å². The number of imide groups is 1. The largest absolute Gasteiger partial charge is 0.495 e. The molecule has 34 heavy (non-hydrogen) atoms. The molecule has 1 aliphatic heterocycles. The van der Waals surface area contributed by atoms with Crippen molar-refractivity contribution in [3.63, 3.8) is 0 Å². The van der Waals surface area contributed by atoms with Crippen molar-refractivity contribution in [2.75, 3.05) is 32.7 Å². The molecule has 11 nitrogen and oxygen atoms in total. The lowest BCUT2D eigenvalue weighted by Gasteiger charge is -2.13. The van der Waals surface area contributed by atoms with E-state index < -0.39 is 37.0 Å². The molecule has 3 N–H and O–H groups in total. The van der Waals surface area contributed by atoms with Crippen molar-refractivity contribution in [2.24, 2.45) is 0 Å². The number of nitrogens with zero attached hydrogens (tertiary/aromatic N) is 1. The van der Waals surface area contributed by atoms with Gasteiger partial charge in [-0.3, -0.25) is 9.59 Å². The Morgan fingerprint density at radius 3 is 2.53 bits per heavy atom. The second-order valence-corrected chi connectivity index (χ2v) is 7.70. The predicted octanol–water partition coefficient (Wildman–Crippen LogP) is 2.46. The van der Waals surface area contributed by atoms with Gasteiger partial charge in [-0.05, 0) is 51.8 Å². The number of nitrogens with one attached hydrogen (secondary N) is 2. The average molecular weight is 534 g/mol. The highest BCUT2D eigenvalue weighted by atomic mass is 79.9. The van der Waals surface area contributed by atoms with Crippen LogP contribution >= 0.6 is 15.9 Å². The van der Waals surface area contributed by atoms with Gasteiger partial charge in [-0.25, -0.2) is 14.5 Å². The van der Waals surface area contributed by atoms with E-state index in [0.717, 1.165) is 4.90 Å². The molecular formula is C22H20BrN3O8. The van der Waals surface area contributed by atoms with E-state index in [1.165, 1.54) is 26.4 Å². The molecule has 1 aliphatic rings. The first kappa shape index (κ1) is 24.6. The third kappa shape index (κ3) is 5.64. The summed E-state index contributed by atoms with van der Waals surface area (Å²) >= 11 is 3.28. The predicted molar refractivity (Wildman–Crippen MR) is 124 cm³/mol. The number of para-hydroxylation sites is 2. The lowest BCUT2D eigenvalue weighted by atomic mass is 10.1. The topological polar surface area (TPSA) is 144 Å². The summed E-state index contributed by atoms with van der Waals surface area (Å²) < 4.78 is 16.0. The van der Waals surface area contributed by atoms with Gasteiger partial charge in [0.25, 0.3) is 5.91 Å². The van der Waals surface area contributed by atoms with E-state index in [2.05, 4.69) is 26.6 Å². The number of rotatable bonds is 9. The highest BCUT2D eigenvalue weighted by Gasteiger charge is 2.35. The van der Waals surface area contributed by atoms with Gasteiger partial charge in [-0.15, -0.1) is 0 Å². The standard InChI is InChI=1S/C22H20BrN3O8/c1-32-16-6-4-3-5-14(16)24-18(27)10-26-21(30)15(25-22(26)31)8-12-7-13(23)20(17(9-12)33-2)34-11-19(28)29/h3-9H,10-11H2,1-2H3,(H,24,27)(H,25,31)(H,28,29). The fourth-order valence-corrected chi connectivity index (χ4v) is 3.63. The van der Waals surface area contributed by atoms with E-state index in [1.807, 2.05) is 0 Å². The molecule has 178 valence electrons. The van der Waals surface area contributed by atoms with Crippen molar-refractivity contribution < 1.29 is 38.5 Å². The second kappa shape index (κ2) is 10.7. The normalized spacial score (nSPS) is 14.1. The molecule has 12 heteroatoms. The van der Waals surface area contributed by atoms with Crippen LogP contribution in [-0.2, 0) is 14.4 Å². The molecule has 0 atom stereocenters. The lowest BCUT2D eigenvalue weighted by molar-refractivity contribution is -0.139. The van der Waals surface area contributed by atoms with E-state index in [1.54, 1.807) is 30.3 Å². The molecular weight excluding hydrogens is 514 g/mol. The number of carbonyl (C=O) groups excluding carboxylic acids is 3. The number of hydrogen-bond donors (Lipinski definition) is 3. The van der Waals surface area contributed by atoms with E-state index in [0.29, 0.717) is 21.5 Å². The molecule has 2 aromatic carbocycles. The SMILES string of the molecule is COc1ccccc1NC(=O)CN1C(=O)NC(=Cc2cc(Br)c(OCC(=O)O)c(OC)c2)C1=O. The van der Waals surface area contributed by atoms with Crippen LogP contribution in [0.25, 0.3) is 6.08 Å². The summed E-state index contributed by atoms with van der Waals surface area (Å²) in [6.45, 7) is -1.08. The number of ether oxygens (including phenoxy) is 3. The van der Waals surface area contributed by atoms with Gasteiger partial charge in [0.15, 0.2) is 18.1 Å². The molecule has 0 aromatic heterocycles. The van der Waals surface area contributed by atoms with Gasteiger partial charge in [-0.1, -0.05) is 12.1 Å². The van der Waals surface area contributed by atoms with Gasteiger partial charge in [0.1, 0.15) is 18.0 Å². The number of amides is 4. The molecule has 0 spiro atoms. The molecule has 1 saturated heterocycles. The van der Waals surface area contributed by atoms with Crippen LogP contribution in [0.15, 0.2) is 46.6 Å². The zero-order valence-electron chi connectivity index (χ0n) is 18.1. The first-order chi connectivity index (χ1) is 16.2. The zero-order chi connectivity index (χ0) is 24.8. The summed E-state index contributed by atoms with van der Waals surface area (Å²) in [4.78, 5) is 49.1. The summed E-state index contributed by atoms with van der Waals surface area (Å²) in [5.74, 6) is -1.62. The van der Waals surface area contributed by atoms with Crippen molar-refractivity contribution in [1.82, 2.24) is 10.2 Å². The van der Waals surface area contributed by atoms with E-state index in [-0.39, 0.29) is 17.2 Å². The minimum atomic E-state index is -1.16. The maximum absolute atomic E-state index is 12.8. The van der Waals surface area contributed by atoms with Crippen molar-refractivity contribution in [2.45, 2.75) is 0 Å². The fraction of sp³-hybridized carbons (Fsp3) is 0.182. The van der Waals surface area contributed by atoms with Crippen molar-refractivity contribution in [1.29, 1.82) is 0 Å². The molecule has 0 radical (unpaired) electrons. The number of hydrogen-bond acceptors (Lipinski definition) is 7. The van der Waals surface area contributed by atoms with Gasteiger partial charge in [-0.2, -0.15) is 0 Å². The maximum Gasteiger partial charge on any atom is 0.341 e. The van der Waals surface area contributed by atoms with Crippen molar-refractivity contribution in [3.05, 3.63) is 52.1 Å². The smallest absolute Gasteiger partial charge is 0.341 e. The number of anilines is 1. The second-order valence-electron chi connectivity index (χ2n) is 6.84. The van der Waals surface area contributed by atoms with Gasteiger partial charge >= 0.3 is 12.0 Å². The van der Waals surface area contributed by atoms with Crippen molar-refractivity contribution in [3.8, 4) is 17.2 Å². The molecule has 0 aliphatic carbocycles. The number of carboxylic acid groups (broad SMARTS) is 1. The third-order valence-corrected chi connectivity index (χ3v) is 5.14. The molecule has 4 amide bonds. The first-order valence-electron chi connectivity index (χ1n) is 9.73. The van der Waals surface area contributed by atoms with Crippen LogP contribution in [0, 0.1) is 0 Å². The zero-order valence-corrected chi connectivity index (χ0v) is 19.7. The highest BCUT2D eigenvalue weighted by molar-refractivity contribution is 9.10. The maximum atomic E-state index is 12.8. The fourth-order valence-electron chi connectivity index (χ4n) is 3.06. The minimum Gasteiger partial charge on any atom is -0.495 e. The van der Waals surface area contributed by atoms with Crippen LogP contribution in [0.3, 0.4) is 0 Å². The average Bonchev–Trinajstić information content (AvgIpc) is 3.05. The first-order valence-corrected chi connectivity index (χ1v) is 10.5. The Kier molecular flexibility index (Phi) is 7.74. The Balaban J connectivity index is 1.76. The van der Waals surface area contributed by atoms with Gasteiger partial charge < -0.3 is 30.0 Å². The number of carboxylic acids is 1. The monoisotopic (exact) mass is 533 g/mol. The van der Waals surface area contributed by atoms with E-state index in [9.17, 15) is 19.2 Å². The van der Waals surface area contributed by atoms with Gasteiger partial charge in [0.05, 0.1) is 24.4 Å². The third-order valence-electron chi connectivity index (χ3n) is 4.55. The number of methoxy groups -OCH3 is 2. The van der Waals surface area contributed by atoms with Gasteiger partial charge in [0, 0.05) is 0 Å². The number of benzene rings is 2. The minimum absolute atomic E-state index is 0.0525. The number of aliphatic carboxylic acids is 1. The summed E-state index contributed by atoms with van der Waals surface area (Å²) in [6.07, 6.45) is 1.40. The molecule has 2 aromatic rings. The van der Waals surface area contributed by atoms with Crippen LogP contribution in [0.4, 0.5) is 10.5 Å². The van der Waals surface area contributed by atoms with Crippen LogP contribution in [0.2, 0.25) is 0 Å².